The Hall–Kier alpha value is -0.900. The van der Waals surface area contributed by atoms with Crippen molar-refractivity contribution in [2.45, 2.75) is 53.0 Å². The highest BCUT2D eigenvalue weighted by Gasteiger charge is 2.21. The fourth-order valence-corrected chi connectivity index (χ4v) is 1.38. The molecule has 0 bridgehead atoms. The van der Waals surface area contributed by atoms with Crippen molar-refractivity contribution in [3.63, 3.8) is 0 Å². The Morgan fingerprint density at radius 2 is 1.93 bits per heavy atom. The van der Waals surface area contributed by atoms with Gasteiger partial charge in [0.2, 0.25) is 5.89 Å². The first-order chi connectivity index (χ1) is 6.79. The van der Waals surface area contributed by atoms with Crippen molar-refractivity contribution >= 4 is 0 Å². The van der Waals surface area contributed by atoms with Crippen LogP contribution >= 0.6 is 0 Å². The molecule has 86 valence electrons. The van der Waals surface area contributed by atoms with Gasteiger partial charge in [-0.1, -0.05) is 39.8 Å². The van der Waals surface area contributed by atoms with Gasteiger partial charge in [-0.3, -0.25) is 0 Å². The van der Waals surface area contributed by atoms with Crippen molar-refractivity contribution in [1.29, 1.82) is 0 Å². The van der Waals surface area contributed by atoms with Crippen LogP contribution in [0, 0.1) is 5.41 Å². The zero-order chi connectivity index (χ0) is 11.6. The minimum atomic E-state index is -0.138. The molecule has 0 saturated carbocycles. The van der Waals surface area contributed by atoms with Crippen molar-refractivity contribution in [2.75, 3.05) is 0 Å². The summed E-state index contributed by atoms with van der Waals surface area (Å²) in [6.07, 6.45) is 0.851. The molecule has 1 atom stereocenters. The van der Waals surface area contributed by atoms with Gasteiger partial charge in [0.25, 0.3) is 0 Å². The van der Waals surface area contributed by atoms with Crippen LogP contribution < -0.4 is 5.73 Å². The van der Waals surface area contributed by atoms with Crippen molar-refractivity contribution in [2.24, 2.45) is 11.1 Å². The van der Waals surface area contributed by atoms with Gasteiger partial charge in [-0.05, 0) is 11.8 Å². The second kappa shape index (κ2) is 4.31. The van der Waals surface area contributed by atoms with Crippen LogP contribution in [-0.4, -0.2) is 10.1 Å². The Balaban J connectivity index is 2.70. The van der Waals surface area contributed by atoms with Crippen LogP contribution in [0.5, 0.6) is 0 Å². The van der Waals surface area contributed by atoms with Gasteiger partial charge >= 0.3 is 0 Å². The van der Waals surface area contributed by atoms with Gasteiger partial charge in [0, 0.05) is 5.92 Å². The van der Waals surface area contributed by atoms with Crippen LogP contribution in [-0.2, 0) is 0 Å². The lowest BCUT2D eigenvalue weighted by atomic mass is 9.88. The Kier molecular flexibility index (Phi) is 3.50. The minimum Gasteiger partial charge on any atom is -0.339 e. The van der Waals surface area contributed by atoms with Gasteiger partial charge in [-0.15, -0.1) is 0 Å². The predicted octanol–water partition coefficient (Wildman–Crippen LogP) is 2.63. The Morgan fingerprint density at radius 1 is 1.33 bits per heavy atom. The highest BCUT2D eigenvalue weighted by molar-refractivity contribution is 4.96. The van der Waals surface area contributed by atoms with Crippen LogP contribution in [0.25, 0.3) is 0 Å². The van der Waals surface area contributed by atoms with E-state index >= 15 is 0 Å². The molecular formula is C11H21N3O. The van der Waals surface area contributed by atoms with Crippen molar-refractivity contribution in [3.05, 3.63) is 11.7 Å². The molecule has 0 radical (unpaired) electrons. The lowest BCUT2D eigenvalue weighted by Crippen LogP contribution is -2.19. The molecule has 4 nitrogen and oxygen atoms in total. The van der Waals surface area contributed by atoms with Crippen LogP contribution in [0.1, 0.15) is 64.7 Å². The summed E-state index contributed by atoms with van der Waals surface area (Å²) in [5.41, 5.74) is 6.19. The van der Waals surface area contributed by atoms with E-state index in [1.165, 1.54) is 0 Å². The van der Waals surface area contributed by atoms with Gasteiger partial charge in [0.05, 0.1) is 6.04 Å². The Morgan fingerprint density at radius 3 is 2.33 bits per heavy atom. The summed E-state index contributed by atoms with van der Waals surface area (Å²) in [6, 6.07) is -0.138. The lowest BCUT2D eigenvalue weighted by Gasteiger charge is -2.20. The predicted molar refractivity (Wildman–Crippen MR) is 59.4 cm³/mol. The van der Waals surface area contributed by atoms with Gasteiger partial charge in [0.15, 0.2) is 5.82 Å². The van der Waals surface area contributed by atoms with E-state index in [2.05, 4.69) is 30.9 Å². The highest BCUT2D eigenvalue weighted by Crippen LogP contribution is 2.26. The van der Waals surface area contributed by atoms with Crippen molar-refractivity contribution < 1.29 is 4.52 Å². The standard InChI is InChI=1S/C11H21N3O/c1-7(2)10-13-9(14-15-10)8(12)6-11(3,4)5/h7-8H,6,12H2,1-5H3. The Bertz CT molecular complexity index is 312. The molecule has 0 saturated heterocycles. The maximum atomic E-state index is 6.01. The Labute approximate surface area is 91.2 Å². The smallest absolute Gasteiger partial charge is 0.229 e. The molecule has 0 aliphatic carbocycles. The number of aromatic nitrogens is 2. The summed E-state index contributed by atoms with van der Waals surface area (Å²) in [7, 11) is 0. The summed E-state index contributed by atoms with van der Waals surface area (Å²) in [5, 5.41) is 3.91. The van der Waals surface area contributed by atoms with Gasteiger partial charge < -0.3 is 10.3 Å². The average Bonchev–Trinajstić information content (AvgIpc) is 2.47. The zero-order valence-electron chi connectivity index (χ0n) is 10.2. The molecule has 1 aromatic heterocycles. The van der Waals surface area contributed by atoms with Crippen LogP contribution in [0.3, 0.4) is 0 Å². The SMILES string of the molecule is CC(C)c1nc(C(N)CC(C)(C)C)no1. The second-order valence-electron chi connectivity index (χ2n) is 5.52. The van der Waals surface area contributed by atoms with Gasteiger partial charge in [0.1, 0.15) is 0 Å². The first-order valence-electron chi connectivity index (χ1n) is 5.38. The summed E-state index contributed by atoms with van der Waals surface area (Å²) < 4.78 is 5.12. The average molecular weight is 211 g/mol. The minimum absolute atomic E-state index is 0.138. The number of nitrogens with zero attached hydrogens (tertiary/aromatic N) is 2. The first kappa shape index (κ1) is 12.2. The maximum absolute atomic E-state index is 6.01. The number of hydrogen-bond acceptors (Lipinski definition) is 4. The summed E-state index contributed by atoms with van der Waals surface area (Å²) in [4.78, 5) is 4.29. The van der Waals surface area contributed by atoms with E-state index in [0.717, 1.165) is 6.42 Å². The first-order valence-corrected chi connectivity index (χ1v) is 5.38. The highest BCUT2D eigenvalue weighted by atomic mass is 16.5. The molecule has 1 aromatic rings. The molecule has 4 heteroatoms. The van der Waals surface area contributed by atoms with Crippen LogP contribution in [0.2, 0.25) is 0 Å². The fraction of sp³-hybridized carbons (Fsp3) is 0.818. The number of rotatable bonds is 3. The molecule has 1 unspecified atom stereocenters. The summed E-state index contributed by atoms with van der Waals surface area (Å²) in [6.45, 7) is 10.5. The molecule has 0 fully saturated rings. The molecule has 0 aliphatic rings. The molecule has 15 heavy (non-hydrogen) atoms. The maximum Gasteiger partial charge on any atom is 0.229 e. The van der Waals surface area contributed by atoms with E-state index in [1.54, 1.807) is 0 Å². The third-order valence-corrected chi connectivity index (χ3v) is 2.12. The van der Waals surface area contributed by atoms with E-state index in [9.17, 15) is 0 Å². The van der Waals surface area contributed by atoms with E-state index in [0.29, 0.717) is 11.7 Å². The van der Waals surface area contributed by atoms with Crippen LogP contribution in [0.15, 0.2) is 4.52 Å². The molecule has 1 heterocycles. The molecule has 2 N–H and O–H groups in total. The molecular weight excluding hydrogens is 190 g/mol. The molecule has 0 amide bonds. The monoisotopic (exact) mass is 211 g/mol. The largest absolute Gasteiger partial charge is 0.339 e. The molecule has 0 aliphatic heterocycles. The van der Waals surface area contributed by atoms with Crippen LogP contribution in [0.4, 0.5) is 0 Å². The lowest BCUT2D eigenvalue weighted by molar-refractivity contribution is 0.322. The fourth-order valence-electron chi connectivity index (χ4n) is 1.38. The number of hydrogen-bond donors (Lipinski definition) is 1. The van der Waals surface area contributed by atoms with Crippen molar-refractivity contribution in [3.8, 4) is 0 Å². The molecule has 1 rings (SSSR count). The summed E-state index contributed by atoms with van der Waals surface area (Å²) in [5.74, 6) is 1.54. The van der Waals surface area contributed by atoms with Crippen molar-refractivity contribution in [1.82, 2.24) is 10.1 Å². The normalized spacial score (nSPS) is 14.6. The topological polar surface area (TPSA) is 64.9 Å². The summed E-state index contributed by atoms with van der Waals surface area (Å²) >= 11 is 0. The van der Waals surface area contributed by atoms with Gasteiger partial charge in [-0.2, -0.15) is 4.98 Å². The second-order valence-corrected chi connectivity index (χ2v) is 5.52. The molecule has 0 aromatic carbocycles. The van der Waals surface area contributed by atoms with E-state index in [-0.39, 0.29) is 17.4 Å². The van der Waals surface area contributed by atoms with E-state index in [1.807, 2.05) is 13.8 Å². The molecule has 0 spiro atoms. The number of nitrogens with two attached hydrogens (primary N) is 1. The van der Waals surface area contributed by atoms with E-state index in [4.69, 9.17) is 10.3 Å². The van der Waals surface area contributed by atoms with Gasteiger partial charge in [-0.25, -0.2) is 0 Å². The zero-order valence-corrected chi connectivity index (χ0v) is 10.2. The van der Waals surface area contributed by atoms with E-state index < -0.39 is 0 Å². The quantitative estimate of drug-likeness (QED) is 0.834. The third-order valence-electron chi connectivity index (χ3n) is 2.12. The third kappa shape index (κ3) is 3.63.